The van der Waals surface area contributed by atoms with Gasteiger partial charge in [-0.05, 0) is 216 Å². The van der Waals surface area contributed by atoms with Crippen LogP contribution in [0.2, 0.25) is 0 Å². The number of allylic oxidation sites excluding steroid dienone is 6. The molecule has 3 spiro atoms. The maximum atomic E-state index is 3.56. The van der Waals surface area contributed by atoms with Crippen molar-refractivity contribution in [3.63, 3.8) is 0 Å². The van der Waals surface area contributed by atoms with Gasteiger partial charge in [-0.2, -0.15) is 0 Å². The first-order chi connectivity index (χ1) is 35.5. The van der Waals surface area contributed by atoms with E-state index in [0.29, 0.717) is 0 Å². The average molecular weight is 946 g/mol. The summed E-state index contributed by atoms with van der Waals surface area (Å²) >= 11 is 0. The largest absolute Gasteiger partial charge is 0.317 e. The van der Waals surface area contributed by atoms with Crippen LogP contribution in [0.1, 0.15) is 112 Å². The van der Waals surface area contributed by atoms with E-state index in [1.54, 1.807) is 22.3 Å². The van der Waals surface area contributed by atoms with Gasteiger partial charge in [0.1, 0.15) is 0 Å². The second-order valence-electron chi connectivity index (χ2n) is 22.8. The summed E-state index contributed by atoms with van der Waals surface area (Å²) in [6.07, 6.45) is 22.4. The third kappa shape index (κ3) is 7.44. The molecule has 0 atom stereocenters. The normalized spacial score (nSPS) is 17.3. The molecule has 0 radical (unpaired) electrons. The molecular formula is C72H67N. The van der Waals surface area contributed by atoms with Crippen LogP contribution < -0.4 is 5.32 Å². The van der Waals surface area contributed by atoms with Crippen molar-refractivity contribution in [2.45, 2.75) is 103 Å². The Bertz CT molecular complexity index is 3640. The third-order valence-corrected chi connectivity index (χ3v) is 18.0. The molecule has 0 aromatic heterocycles. The van der Waals surface area contributed by atoms with Crippen molar-refractivity contribution < 1.29 is 0 Å². The van der Waals surface area contributed by atoms with Gasteiger partial charge in [0.2, 0.25) is 0 Å². The summed E-state index contributed by atoms with van der Waals surface area (Å²) in [5.74, 6) is 0. The second kappa shape index (κ2) is 17.6. The van der Waals surface area contributed by atoms with Gasteiger partial charge >= 0.3 is 0 Å². The summed E-state index contributed by atoms with van der Waals surface area (Å²) in [6, 6.07) is 56.1. The van der Waals surface area contributed by atoms with Gasteiger partial charge in [0.15, 0.2) is 0 Å². The number of benzene rings is 9. The van der Waals surface area contributed by atoms with Gasteiger partial charge in [0.05, 0.1) is 5.41 Å². The van der Waals surface area contributed by atoms with E-state index in [1.807, 2.05) is 0 Å². The van der Waals surface area contributed by atoms with Gasteiger partial charge < -0.3 is 5.32 Å². The van der Waals surface area contributed by atoms with Crippen molar-refractivity contribution in [1.82, 2.24) is 5.32 Å². The van der Waals surface area contributed by atoms with Crippen LogP contribution in [0, 0.1) is 41.5 Å². The maximum absolute atomic E-state index is 3.56. The molecule has 15 rings (SSSR count). The fourth-order valence-corrected chi connectivity index (χ4v) is 14.3. The highest BCUT2D eigenvalue weighted by Gasteiger charge is 2.46. The summed E-state index contributed by atoms with van der Waals surface area (Å²) in [5, 5.41) is 11.7. The van der Waals surface area contributed by atoms with Crippen molar-refractivity contribution in [3.05, 3.63) is 249 Å². The molecule has 6 aliphatic rings. The van der Waals surface area contributed by atoms with Gasteiger partial charge in [0.25, 0.3) is 0 Å². The Morgan fingerprint density at radius 2 is 0.630 bits per heavy atom. The van der Waals surface area contributed by atoms with Gasteiger partial charge in [-0.15, -0.1) is 0 Å². The van der Waals surface area contributed by atoms with E-state index in [1.165, 1.54) is 155 Å². The van der Waals surface area contributed by atoms with Crippen LogP contribution >= 0.6 is 0 Å². The minimum atomic E-state index is -0.169. The fraction of sp³-hybridized carbons (Fsp3) is 0.250. The van der Waals surface area contributed by atoms with Gasteiger partial charge in [-0.1, -0.05) is 198 Å². The van der Waals surface area contributed by atoms with E-state index in [2.05, 4.69) is 229 Å². The molecule has 0 unspecified atom stereocenters. The molecule has 1 aliphatic heterocycles. The van der Waals surface area contributed by atoms with Crippen LogP contribution in [0.25, 0.3) is 65.7 Å². The first-order valence-corrected chi connectivity index (χ1v) is 27.3. The Balaban J connectivity index is 0.000000106. The van der Waals surface area contributed by atoms with Crippen molar-refractivity contribution in [1.29, 1.82) is 0 Å². The average Bonchev–Trinajstić information content (AvgIpc) is 3.75. The van der Waals surface area contributed by atoms with Crippen molar-refractivity contribution in [2.75, 3.05) is 13.1 Å². The Kier molecular flexibility index (Phi) is 11.0. The molecule has 2 fully saturated rings. The SMILES string of the molecule is Cc1ccc2c(c1)C1(C=CC=CC=C1)c1cc3cc(C)ccc3cc1-2.Cc1ccc2c(c1)C1(CCCCC1)c1cc3cc(C)ccc3cc1-2.Cc1ccc2c(c1)C1(CCNCC1)c1cc3cc(C)ccc3cc1-2. The smallest absolute Gasteiger partial charge is 0.0581 e. The molecule has 5 aliphatic carbocycles. The van der Waals surface area contributed by atoms with Crippen molar-refractivity contribution in [2.24, 2.45) is 0 Å². The lowest BCUT2D eigenvalue weighted by Gasteiger charge is -2.36. The maximum Gasteiger partial charge on any atom is 0.0581 e. The number of fused-ring (bicyclic) bond motifs is 18. The zero-order valence-corrected chi connectivity index (χ0v) is 43.7. The molecule has 1 nitrogen and oxygen atoms in total. The summed E-state index contributed by atoms with van der Waals surface area (Å²) in [4.78, 5) is 0. The first-order valence-electron chi connectivity index (χ1n) is 27.3. The van der Waals surface area contributed by atoms with Crippen LogP contribution in [0.5, 0.6) is 0 Å². The monoisotopic (exact) mass is 946 g/mol. The standard InChI is InChI=1S/C25H20.C24H24.C23H23N/c1-17-7-9-19-15-22-21-10-8-18(2)14-23(21)25(11-5-3-4-6-12-25)24(22)16-20(19)13-17;1-16-6-8-18-14-21-20-9-7-17(2)13-22(20)24(10-4-3-5-11-24)23(21)15-19(18)12-16;1-15-3-5-17-13-20-19-6-4-16(2)12-21(19)23(7-9-24-10-8-23)22(20)14-18(17)11-15/h3-16H,1-2H3;6-9,12-15H,3-5,10-11H2,1-2H3;3-6,11-14,24H,7-10H2,1-2H3. The van der Waals surface area contributed by atoms with E-state index in [0.717, 1.165) is 13.1 Å². The van der Waals surface area contributed by atoms with Crippen molar-refractivity contribution in [3.8, 4) is 33.4 Å². The molecule has 1 saturated heterocycles. The fourth-order valence-electron chi connectivity index (χ4n) is 14.3. The number of rotatable bonds is 0. The lowest BCUT2D eigenvalue weighted by molar-refractivity contribution is 0.353. The second-order valence-corrected chi connectivity index (χ2v) is 22.8. The minimum absolute atomic E-state index is 0.169. The molecule has 1 saturated carbocycles. The van der Waals surface area contributed by atoms with Crippen LogP contribution in [0.3, 0.4) is 0 Å². The molecule has 1 N–H and O–H groups in total. The molecule has 73 heavy (non-hydrogen) atoms. The molecule has 1 heterocycles. The van der Waals surface area contributed by atoms with Crippen LogP contribution in [-0.4, -0.2) is 13.1 Å². The quantitative estimate of drug-likeness (QED) is 0.160. The Morgan fingerprint density at radius 1 is 0.288 bits per heavy atom. The Labute approximate surface area is 433 Å². The van der Waals surface area contributed by atoms with Gasteiger partial charge in [-0.25, -0.2) is 0 Å². The lowest BCUT2D eigenvalue weighted by Crippen LogP contribution is -2.39. The summed E-state index contributed by atoms with van der Waals surface area (Å²) < 4.78 is 0. The summed E-state index contributed by atoms with van der Waals surface area (Å²) in [6.45, 7) is 15.4. The number of hydrogen-bond acceptors (Lipinski definition) is 1. The zero-order valence-electron chi connectivity index (χ0n) is 43.7. The topological polar surface area (TPSA) is 12.0 Å². The Hall–Kier alpha value is -7.06. The number of piperidine rings is 1. The number of nitrogens with one attached hydrogen (secondary N) is 1. The lowest BCUT2D eigenvalue weighted by atomic mass is 9.67. The zero-order chi connectivity index (χ0) is 49.6. The third-order valence-electron chi connectivity index (χ3n) is 18.0. The molecule has 1 heteroatoms. The molecular weight excluding hydrogens is 879 g/mol. The highest BCUT2D eigenvalue weighted by Crippen LogP contribution is 2.58. The number of aryl methyl sites for hydroxylation is 6. The molecule has 9 aromatic rings. The minimum Gasteiger partial charge on any atom is -0.317 e. The number of hydrogen-bond donors (Lipinski definition) is 1. The molecule has 0 amide bonds. The van der Waals surface area contributed by atoms with Crippen LogP contribution in [0.15, 0.2) is 182 Å². The Morgan fingerprint density at radius 3 is 1.10 bits per heavy atom. The predicted molar refractivity (Wildman–Crippen MR) is 312 cm³/mol. The summed E-state index contributed by atoms with van der Waals surface area (Å²) in [5.41, 5.74) is 26.1. The highest BCUT2D eigenvalue weighted by molar-refractivity contribution is 5.97. The highest BCUT2D eigenvalue weighted by atomic mass is 14.9. The van der Waals surface area contributed by atoms with Crippen LogP contribution in [0.4, 0.5) is 0 Å². The van der Waals surface area contributed by atoms with E-state index in [4.69, 9.17) is 0 Å². The van der Waals surface area contributed by atoms with Gasteiger partial charge in [0, 0.05) is 10.8 Å². The summed E-state index contributed by atoms with van der Waals surface area (Å²) in [7, 11) is 0. The molecule has 9 aromatic carbocycles. The van der Waals surface area contributed by atoms with E-state index < -0.39 is 0 Å². The van der Waals surface area contributed by atoms with Crippen molar-refractivity contribution >= 4 is 32.3 Å². The predicted octanol–water partition coefficient (Wildman–Crippen LogP) is 18.2. The van der Waals surface area contributed by atoms with E-state index in [9.17, 15) is 0 Å². The van der Waals surface area contributed by atoms with Gasteiger partial charge in [-0.3, -0.25) is 0 Å². The van der Waals surface area contributed by atoms with Crippen LogP contribution in [-0.2, 0) is 16.2 Å². The first kappa shape index (κ1) is 45.8. The van der Waals surface area contributed by atoms with E-state index in [-0.39, 0.29) is 16.2 Å². The molecule has 360 valence electrons. The molecule has 0 bridgehead atoms. The van der Waals surface area contributed by atoms with E-state index >= 15 is 0 Å².